The van der Waals surface area contributed by atoms with E-state index in [2.05, 4.69) is 44.8 Å². The fraction of sp³-hybridized carbons (Fsp3) is 0.286. The largest absolute Gasteiger partial charge is 0.372 e. The third-order valence-electron chi connectivity index (χ3n) is 2.96. The number of aromatic nitrogens is 2. The lowest BCUT2D eigenvalue weighted by Crippen LogP contribution is -2.05. The molecule has 0 unspecified atom stereocenters. The first-order valence-electron chi connectivity index (χ1n) is 6.55. The minimum atomic E-state index is -0.415. The van der Waals surface area contributed by atoms with Crippen LogP contribution < -0.4 is 5.32 Å². The number of rotatable bonds is 5. The van der Waals surface area contributed by atoms with Crippen LogP contribution in [0.4, 0.5) is 11.5 Å². The van der Waals surface area contributed by atoms with E-state index in [-0.39, 0.29) is 5.69 Å². The van der Waals surface area contributed by atoms with Crippen molar-refractivity contribution in [3.63, 3.8) is 0 Å². The summed E-state index contributed by atoms with van der Waals surface area (Å²) in [6.07, 6.45) is 1.82. The SMILES string of the molecule is CCCc1nc(-c2cccc([N+](=O)[O-])c2)nc(NC)c1I. The average molecular weight is 398 g/mol. The summed E-state index contributed by atoms with van der Waals surface area (Å²) < 4.78 is 0.992. The smallest absolute Gasteiger partial charge is 0.270 e. The van der Waals surface area contributed by atoms with Crippen molar-refractivity contribution >= 4 is 34.1 Å². The van der Waals surface area contributed by atoms with E-state index >= 15 is 0 Å². The highest BCUT2D eigenvalue weighted by Crippen LogP contribution is 2.26. The zero-order chi connectivity index (χ0) is 15.4. The molecule has 2 rings (SSSR count). The third kappa shape index (κ3) is 3.46. The Morgan fingerprint density at radius 2 is 2.14 bits per heavy atom. The highest BCUT2D eigenvalue weighted by Gasteiger charge is 2.14. The summed E-state index contributed by atoms with van der Waals surface area (Å²) in [6.45, 7) is 2.09. The molecule has 21 heavy (non-hydrogen) atoms. The number of nitro benzene ring substituents is 1. The Kier molecular flexibility index (Phi) is 5.05. The van der Waals surface area contributed by atoms with Crippen LogP contribution in [0, 0.1) is 13.7 Å². The Labute approximate surface area is 136 Å². The molecule has 1 N–H and O–H groups in total. The molecule has 2 aromatic rings. The van der Waals surface area contributed by atoms with E-state index < -0.39 is 4.92 Å². The van der Waals surface area contributed by atoms with Gasteiger partial charge in [0, 0.05) is 24.7 Å². The lowest BCUT2D eigenvalue weighted by atomic mass is 10.1. The molecule has 0 atom stereocenters. The zero-order valence-corrected chi connectivity index (χ0v) is 13.9. The quantitative estimate of drug-likeness (QED) is 0.473. The van der Waals surface area contributed by atoms with E-state index in [0.717, 1.165) is 27.9 Å². The number of nitrogens with one attached hydrogen (secondary N) is 1. The van der Waals surface area contributed by atoms with Crippen LogP contribution in [0.3, 0.4) is 0 Å². The minimum absolute atomic E-state index is 0.0395. The number of hydrogen-bond acceptors (Lipinski definition) is 5. The molecule has 1 heterocycles. The zero-order valence-electron chi connectivity index (χ0n) is 11.8. The second-order valence-corrected chi connectivity index (χ2v) is 5.54. The van der Waals surface area contributed by atoms with Crippen molar-refractivity contribution in [2.45, 2.75) is 19.8 Å². The predicted octanol–water partition coefficient (Wildman–Crippen LogP) is 3.65. The molecule has 0 fully saturated rings. The van der Waals surface area contributed by atoms with Gasteiger partial charge in [0.15, 0.2) is 5.82 Å². The van der Waals surface area contributed by atoms with Crippen LogP contribution >= 0.6 is 22.6 Å². The van der Waals surface area contributed by atoms with Crippen LogP contribution in [0.2, 0.25) is 0 Å². The molecule has 0 saturated heterocycles. The van der Waals surface area contributed by atoms with Crippen molar-refractivity contribution < 1.29 is 4.92 Å². The van der Waals surface area contributed by atoms with Gasteiger partial charge in [-0.1, -0.05) is 25.5 Å². The lowest BCUT2D eigenvalue weighted by Gasteiger charge is -2.10. The van der Waals surface area contributed by atoms with Crippen molar-refractivity contribution in [2.75, 3.05) is 12.4 Å². The molecule has 1 aromatic heterocycles. The molecule has 6 nitrogen and oxygen atoms in total. The maximum atomic E-state index is 10.9. The number of nitrogens with zero attached hydrogens (tertiary/aromatic N) is 3. The average Bonchev–Trinajstić information content (AvgIpc) is 2.49. The summed E-state index contributed by atoms with van der Waals surface area (Å²) >= 11 is 2.22. The molecule has 1 aromatic carbocycles. The summed E-state index contributed by atoms with van der Waals surface area (Å²) in [6, 6.07) is 6.39. The molecule has 0 radical (unpaired) electrons. The first-order valence-corrected chi connectivity index (χ1v) is 7.63. The second-order valence-electron chi connectivity index (χ2n) is 4.46. The van der Waals surface area contributed by atoms with Crippen LogP contribution in [0.15, 0.2) is 24.3 Å². The van der Waals surface area contributed by atoms with E-state index in [1.807, 2.05) is 0 Å². The number of aryl methyl sites for hydroxylation is 1. The van der Waals surface area contributed by atoms with E-state index in [9.17, 15) is 10.1 Å². The number of hydrogen-bond donors (Lipinski definition) is 1. The molecule has 0 spiro atoms. The van der Waals surface area contributed by atoms with E-state index in [1.54, 1.807) is 19.2 Å². The molecule has 0 bridgehead atoms. The maximum Gasteiger partial charge on any atom is 0.270 e. The third-order valence-corrected chi connectivity index (χ3v) is 4.09. The molecular formula is C14H15IN4O2. The van der Waals surface area contributed by atoms with Crippen LogP contribution in [0.1, 0.15) is 19.0 Å². The highest BCUT2D eigenvalue weighted by molar-refractivity contribution is 14.1. The first kappa shape index (κ1) is 15.6. The van der Waals surface area contributed by atoms with Crippen molar-refractivity contribution in [1.29, 1.82) is 0 Å². The van der Waals surface area contributed by atoms with Crippen LogP contribution in [-0.2, 0) is 6.42 Å². The fourth-order valence-electron chi connectivity index (χ4n) is 1.95. The summed E-state index contributed by atoms with van der Waals surface area (Å²) in [7, 11) is 1.80. The topological polar surface area (TPSA) is 81.0 Å². The van der Waals surface area contributed by atoms with Gasteiger partial charge in [-0.25, -0.2) is 9.97 Å². The summed E-state index contributed by atoms with van der Waals surface area (Å²) in [5.74, 6) is 1.25. The number of benzene rings is 1. The standard InChI is InChI=1S/C14H15IN4O2/c1-3-5-11-12(15)14(16-2)18-13(17-11)9-6-4-7-10(8-9)19(20)21/h4,6-8H,3,5H2,1-2H3,(H,16,17,18). The molecular weight excluding hydrogens is 383 g/mol. The number of non-ortho nitro benzene ring substituents is 1. The maximum absolute atomic E-state index is 10.9. The van der Waals surface area contributed by atoms with Gasteiger partial charge >= 0.3 is 0 Å². The Balaban J connectivity index is 2.55. The number of halogens is 1. The van der Waals surface area contributed by atoms with E-state index in [4.69, 9.17) is 0 Å². The Morgan fingerprint density at radius 3 is 2.76 bits per heavy atom. The van der Waals surface area contributed by atoms with Gasteiger partial charge in [0.25, 0.3) is 5.69 Å². The lowest BCUT2D eigenvalue weighted by molar-refractivity contribution is -0.384. The monoisotopic (exact) mass is 398 g/mol. The van der Waals surface area contributed by atoms with Gasteiger partial charge in [-0.3, -0.25) is 10.1 Å². The van der Waals surface area contributed by atoms with Crippen LogP contribution in [-0.4, -0.2) is 21.9 Å². The number of anilines is 1. The van der Waals surface area contributed by atoms with Crippen molar-refractivity contribution in [2.24, 2.45) is 0 Å². The second kappa shape index (κ2) is 6.79. The normalized spacial score (nSPS) is 10.4. The van der Waals surface area contributed by atoms with Gasteiger partial charge in [0.05, 0.1) is 14.2 Å². The Hall–Kier alpha value is -1.77. The molecule has 0 aliphatic carbocycles. The summed E-state index contributed by atoms with van der Waals surface area (Å²) in [4.78, 5) is 19.5. The van der Waals surface area contributed by atoms with Gasteiger partial charge in [-0.2, -0.15) is 0 Å². The van der Waals surface area contributed by atoms with E-state index in [0.29, 0.717) is 11.4 Å². The van der Waals surface area contributed by atoms with Gasteiger partial charge in [-0.15, -0.1) is 0 Å². The van der Waals surface area contributed by atoms with Crippen molar-refractivity contribution in [3.8, 4) is 11.4 Å². The van der Waals surface area contributed by atoms with Gasteiger partial charge in [0.1, 0.15) is 5.82 Å². The van der Waals surface area contributed by atoms with E-state index in [1.165, 1.54) is 12.1 Å². The molecule has 7 heteroatoms. The Bertz CT molecular complexity index is 676. The molecule has 0 amide bonds. The van der Waals surface area contributed by atoms with Crippen LogP contribution in [0.5, 0.6) is 0 Å². The summed E-state index contributed by atoms with van der Waals surface area (Å²) in [5, 5.41) is 13.9. The van der Waals surface area contributed by atoms with Gasteiger partial charge in [-0.05, 0) is 29.0 Å². The van der Waals surface area contributed by atoms with Crippen molar-refractivity contribution in [1.82, 2.24) is 9.97 Å². The molecule has 0 aliphatic rings. The molecule has 0 saturated carbocycles. The minimum Gasteiger partial charge on any atom is -0.372 e. The summed E-state index contributed by atoms with van der Waals surface area (Å²) in [5.41, 5.74) is 1.64. The van der Waals surface area contributed by atoms with Gasteiger partial charge in [0.2, 0.25) is 0 Å². The number of nitro groups is 1. The molecule has 0 aliphatic heterocycles. The van der Waals surface area contributed by atoms with Crippen LogP contribution in [0.25, 0.3) is 11.4 Å². The van der Waals surface area contributed by atoms with Crippen molar-refractivity contribution in [3.05, 3.63) is 43.6 Å². The first-order chi connectivity index (χ1) is 10.1. The Morgan fingerprint density at radius 1 is 1.38 bits per heavy atom. The fourth-order valence-corrected chi connectivity index (χ4v) is 2.73. The molecule has 110 valence electrons. The highest BCUT2D eigenvalue weighted by atomic mass is 127. The van der Waals surface area contributed by atoms with Gasteiger partial charge < -0.3 is 5.32 Å². The predicted molar refractivity (Wildman–Crippen MR) is 90.4 cm³/mol.